The molecule has 1 N–H and O–H groups in total. The number of carbonyl (C=O) groups is 2. The summed E-state index contributed by atoms with van der Waals surface area (Å²) in [7, 11) is 0. The highest BCUT2D eigenvalue weighted by Crippen LogP contribution is 2.26. The van der Waals surface area contributed by atoms with Crippen molar-refractivity contribution in [2.24, 2.45) is 0 Å². The first-order valence-electron chi connectivity index (χ1n) is 6.14. The minimum Gasteiger partial charge on any atom is -0.466 e. The maximum atomic E-state index is 12.3. The Hall–Kier alpha value is -2.37. The summed E-state index contributed by atoms with van der Waals surface area (Å²) < 4.78 is 6.37. The molecule has 0 bridgehead atoms. The molecule has 0 saturated carbocycles. The molecule has 6 heteroatoms. The highest BCUT2D eigenvalue weighted by atomic mass is 16.5. The van der Waals surface area contributed by atoms with E-state index in [1.54, 1.807) is 6.92 Å². The predicted molar refractivity (Wildman–Crippen MR) is 69.0 cm³/mol. The van der Waals surface area contributed by atoms with Gasteiger partial charge in [-0.25, -0.2) is 9.55 Å². The van der Waals surface area contributed by atoms with Crippen molar-refractivity contribution in [3.63, 3.8) is 0 Å². The van der Waals surface area contributed by atoms with Gasteiger partial charge < -0.3 is 10.1 Å². The number of fused-ring (bicyclic) bond motifs is 3. The van der Waals surface area contributed by atoms with Gasteiger partial charge in [0.25, 0.3) is 5.91 Å². The van der Waals surface area contributed by atoms with Crippen LogP contribution in [0.5, 0.6) is 0 Å². The third-order valence-electron chi connectivity index (χ3n) is 3.06. The molecule has 1 aliphatic rings. The molecule has 0 unspecified atom stereocenters. The molecule has 1 aromatic heterocycles. The first-order chi connectivity index (χ1) is 9.20. The standard InChI is InChI=1S/C13H13N3O3/c1-2-19-11(17)7-9-12(18)16-10-6-4-3-5-8(10)14-13(16)15-9/h3-6,9H,2,7H2,1H3,(H,14,15)/t9-/m0/s1. The van der Waals surface area contributed by atoms with Gasteiger partial charge in [0.05, 0.1) is 24.1 Å². The number of nitrogens with zero attached hydrogens (tertiary/aromatic N) is 2. The van der Waals surface area contributed by atoms with Crippen LogP contribution in [0.25, 0.3) is 11.0 Å². The van der Waals surface area contributed by atoms with Crippen molar-refractivity contribution in [1.29, 1.82) is 0 Å². The molecule has 2 aromatic rings. The van der Waals surface area contributed by atoms with Crippen molar-refractivity contribution in [2.45, 2.75) is 19.4 Å². The molecule has 0 aliphatic carbocycles. The van der Waals surface area contributed by atoms with E-state index < -0.39 is 6.04 Å². The van der Waals surface area contributed by atoms with Crippen molar-refractivity contribution in [3.8, 4) is 0 Å². The van der Waals surface area contributed by atoms with Crippen molar-refractivity contribution < 1.29 is 14.3 Å². The zero-order chi connectivity index (χ0) is 13.4. The highest BCUT2D eigenvalue weighted by Gasteiger charge is 2.34. The normalized spacial score (nSPS) is 17.3. The van der Waals surface area contributed by atoms with Gasteiger partial charge in [0.15, 0.2) is 0 Å². The third kappa shape index (κ3) is 1.85. The first kappa shape index (κ1) is 11.7. The molecule has 19 heavy (non-hydrogen) atoms. The second-order valence-electron chi connectivity index (χ2n) is 4.30. The first-order valence-corrected chi connectivity index (χ1v) is 6.14. The van der Waals surface area contributed by atoms with Crippen LogP contribution in [-0.4, -0.2) is 34.1 Å². The van der Waals surface area contributed by atoms with Gasteiger partial charge in [-0.3, -0.25) is 9.59 Å². The van der Waals surface area contributed by atoms with Crippen LogP contribution in [0.1, 0.15) is 18.1 Å². The molecular formula is C13H13N3O3. The average molecular weight is 259 g/mol. The van der Waals surface area contributed by atoms with E-state index >= 15 is 0 Å². The third-order valence-corrected chi connectivity index (χ3v) is 3.06. The van der Waals surface area contributed by atoms with E-state index in [2.05, 4.69) is 10.3 Å². The summed E-state index contributed by atoms with van der Waals surface area (Å²) in [5.74, 6) is -0.0688. The summed E-state index contributed by atoms with van der Waals surface area (Å²) in [6.45, 7) is 2.05. The number of aromatic nitrogens is 2. The maximum Gasteiger partial charge on any atom is 0.308 e. The molecule has 6 nitrogen and oxygen atoms in total. The van der Waals surface area contributed by atoms with E-state index in [1.165, 1.54) is 4.57 Å². The van der Waals surface area contributed by atoms with Gasteiger partial charge in [0.2, 0.25) is 5.95 Å². The number of benzene rings is 1. The number of para-hydroxylation sites is 2. The molecule has 1 aliphatic heterocycles. The van der Waals surface area contributed by atoms with Gasteiger partial charge in [0, 0.05) is 0 Å². The molecular weight excluding hydrogens is 246 g/mol. The fourth-order valence-electron chi connectivity index (χ4n) is 2.24. The topological polar surface area (TPSA) is 73.2 Å². The Morgan fingerprint density at radius 1 is 1.47 bits per heavy atom. The van der Waals surface area contributed by atoms with Gasteiger partial charge in [-0.2, -0.15) is 0 Å². The van der Waals surface area contributed by atoms with Crippen LogP contribution in [0.3, 0.4) is 0 Å². The molecule has 0 saturated heterocycles. The Morgan fingerprint density at radius 3 is 3.05 bits per heavy atom. The summed E-state index contributed by atoms with van der Waals surface area (Å²) in [6.07, 6.45) is 0.0182. The van der Waals surface area contributed by atoms with E-state index in [-0.39, 0.29) is 18.3 Å². The van der Waals surface area contributed by atoms with Crippen LogP contribution in [0.4, 0.5) is 5.95 Å². The van der Waals surface area contributed by atoms with Crippen molar-refractivity contribution in [2.75, 3.05) is 11.9 Å². The van der Waals surface area contributed by atoms with Gasteiger partial charge in [0.1, 0.15) is 6.04 Å². The number of hydrogen-bond acceptors (Lipinski definition) is 5. The second-order valence-corrected chi connectivity index (χ2v) is 4.30. The minimum absolute atomic E-state index is 0.0182. The quantitative estimate of drug-likeness (QED) is 0.844. The van der Waals surface area contributed by atoms with Gasteiger partial charge in [-0.05, 0) is 19.1 Å². The molecule has 1 aromatic carbocycles. The molecule has 0 radical (unpaired) electrons. The molecule has 1 atom stereocenters. The zero-order valence-corrected chi connectivity index (χ0v) is 10.4. The molecule has 0 amide bonds. The monoisotopic (exact) mass is 259 g/mol. The number of anilines is 1. The zero-order valence-electron chi connectivity index (χ0n) is 10.4. The highest BCUT2D eigenvalue weighted by molar-refractivity contribution is 6.02. The lowest BCUT2D eigenvalue weighted by Crippen LogP contribution is -2.28. The molecule has 2 heterocycles. The summed E-state index contributed by atoms with van der Waals surface area (Å²) in [6, 6.07) is 6.80. The van der Waals surface area contributed by atoms with Gasteiger partial charge in [-0.15, -0.1) is 0 Å². The smallest absolute Gasteiger partial charge is 0.308 e. The van der Waals surface area contributed by atoms with Crippen LogP contribution in [0, 0.1) is 0 Å². The fourth-order valence-corrected chi connectivity index (χ4v) is 2.24. The Morgan fingerprint density at radius 2 is 2.26 bits per heavy atom. The van der Waals surface area contributed by atoms with Crippen molar-refractivity contribution >= 4 is 28.9 Å². The van der Waals surface area contributed by atoms with Crippen LogP contribution in [0.2, 0.25) is 0 Å². The summed E-state index contributed by atoms with van der Waals surface area (Å²) in [5.41, 5.74) is 1.51. The molecule has 0 spiro atoms. The van der Waals surface area contributed by atoms with Gasteiger partial charge >= 0.3 is 5.97 Å². The maximum absolute atomic E-state index is 12.3. The molecule has 3 rings (SSSR count). The van der Waals surface area contributed by atoms with Crippen LogP contribution in [0.15, 0.2) is 24.3 Å². The average Bonchev–Trinajstić information content (AvgIpc) is 2.88. The summed E-state index contributed by atoms with van der Waals surface area (Å²) in [5, 5.41) is 2.96. The summed E-state index contributed by atoms with van der Waals surface area (Å²) >= 11 is 0. The van der Waals surface area contributed by atoms with Crippen LogP contribution >= 0.6 is 0 Å². The molecule has 98 valence electrons. The number of imidazole rings is 1. The Labute approximate surface area is 109 Å². The van der Waals surface area contributed by atoms with E-state index in [4.69, 9.17) is 4.74 Å². The predicted octanol–water partition coefficient (Wildman–Crippen LogP) is 1.42. The number of rotatable bonds is 3. The number of nitrogens with one attached hydrogen (secondary N) is 1. The number of esters is 1. The van der Waals surface area contributed by atoms with Crippen LogP contribution < -0.4 is 5.32 Å². The lowest BCUT2D eigenvalue weighted by Gasteiger charge is -2.08. The van der Waals surface area contributed by atoms with Gasteiger partial charge in [-0.1, -0.05) is 12.1 Å². The fraction of sp³-hybridized carbons (Fsp3) is 0.308. The Balaban J connectivity index is 1.88. The summed E-state index contributed by atoms with van der Waals surface area (Å²) in [4.78, 5) is 28.0. The largest absolute Gasteiger partial charge is 0.466 e. The van der Waals surface area contributed by atoms with E-state index in [9.17, 15) is 9.59 Å². The van der Waals surface area contributed by atoms with E-state index in [0.29, 0.717) is 12.6 Å². The van der Waals surface area contributed by atoms with E-state index in [0.717, 1.165) is 11.0 Å². The number of carbonyl (C=O) groups excluding carboxylic acids is 2. The van der Waals surface area contributed by atoms with E-state index in [1.807, 2.05) is 24.3 Å². The second kappa shape index (κ2) is 4.38. The van der Waals surface area contributed by atoms with Crippen molar-refractivity contribution in [1.82, 2.24) is 9.55 Å². The lowest BCUT2D eigenvalue weighted by molar-refractivity contribution is -0.143. The lowest BCUT2D eigenvalue weighted by atomic mass is 10.2. The number of ether oxygens (including phenoxy) is 1. The molecule has 0 fully saturated rings. The Bertz CT molecular complexity index is 662. The van der Waals surface area contributed by atoms with Crippen LogP contribution in [-0.2, 0) is 9.53 Å². The minimum atomic E-state index is -0.592. The Kier molecular flexibility index (Phi) is 2.70. The van der Waals surface area contributed by atoms with Crippen molar-refractivity contribution in [3.05, 3.63) is 24.3 Å². The SMILES string of the molecule is CCOC(=O)C[C@@H]1Nc2nc3ccccc3n2C1=O. The number of hydrogen-bond donors (Lipinski definition) is 1.